The second kappa shape index (κ2) is 20.2. The predicted octanol–water partition coefficient (Wildman–Crippen LogP) is 5.32. The molecular weight excluding hydrogens is 728 g/mol. The van der Waals surface area contributed by atoms with E-state index >= 15 is 0 Å². The molecule has 2 aromatic carbocycles. The quantitative estimate of drug-likeness (QED) is 0.0490. The normalized spacial score (nSPS) is 26.5. The van der Waals surface area contributed by atoms with Crippen molar-refractivity contribution in [2.24, 2.45) is 5.92 Å². The van der Waals surface area contributed by atoms with E-state index < -0.39 is 71.7 Å². The zero-order valence-electron chi connectivity index (χ0n) is 32.2. The fraction of sp³-hybridized carbons (Fsp3) is 0.571. The van der Waals surface area contributed by atoms with Crippen LogP contribution in [-0.4, -0.2) is 104 Å². The van der Waals surface area contributed by atoms with Gasteiger partial charge < -0.3 is 49.2 Å². The number of carboxylic acid groups (broad SMARTS) is 3. The van der Waals surface area contributed by atoms with E-state index in [0.717, 1.165) is 56.3 Å². The third-order valence-electron chi connectivity index (χ3n) is 10.6. The van der Waals surface area contributed by atoms with Crippen LogP contribution in [0.2, 0.25) is 0 Å². The number of hydrogen-bond donors (Lipinski definition) is 5. The van der Waals surface area contributed by atoms with Gasteiger partial charge in [-0.15, -0.1) is 0 Å². The molecule has 2 heterocycles. The number of aliphatic hydroxyl groups excluding tert-OH is 1. The molecule has 2 saturated heterocycles. The number of ether oxygens (including phenoxy) is 5. The van der Waals surface area contributed by atoms with Gasteiger partial charge in [-0.2, -0.15) is 0 Å². The van der Waals surface area contributed by atoms with Crippen molar-refractivity contribution in [1.82, 2.24) is 0 Å². The molecule has 0 aromatic heterocycles. The number of rotatable bonds is 25. The van der Waals surface area contributed by atoms with E-state index in [9.17, 15) is 44.7 Å². The maximum atomic E-state index is 13.1. The van der Waals surface area contributed by atoms with Crippen molar-refractivity contribution in [2.45, 2.75) is 132 Å². The van der Waals surface area contributed by atoms with Crippen molar-refractivity contribution < 1.29 is 68.4 Å². The van der Waals surface area contributed by atoms with Crippen molar-refractivity contribution in [2.75, 3.05) is 13.2 Å². The lowest BCUT2D eigenvalue weighted by Gasteiger charge is -2.49. The minimum absolute atomic E-state index is 0.143. The van der Waals surface area contributed by atoms with Crippen LogP contribution in [0.1, 0.15) is 90.0 Å². The standard InChI is InChI=1S/C42H56O14/c1-28(33(54-30(3)43)29(2)27-31-19-13-11-14-20-31)23-24-40-34(44)35(42(56-40,39(49)50)41(51,38(47)48)36(55-40)37(45)46)53-26-18-10-8-6-4-5-7-9-17-25-52-32-21-15-12-16-22-32/h11-16,19-22,29,33-36,44,51H,1,4-10,17-18,23-27H2,2-3H3,(H,45,46)(H,47,48)(H,49,50)/t29-,33-,34-,35-,36?,40?,41?,42?/m1/s1. The highest BCUT2D eigenvalue weighted by atomic mass is 16.8. The number of hydrogen-bond acceptors (Lipinski definition) is 11. The van der Waals surface area contributed by atoms with E-state index in [2.05, 4.69) is 6.58 Å². The number of carbonyl (C=O) groups is 4. The predicted molar refractivity (Wildman–Crippen MR) is 202 cm³/mol. The molecule has 2 aromatic rings. The van der Waals surface area contributed by atoms with E-state index in [-0.39, 0.29) is 18.9 Å². The molecule has 0 spiro atoms. The number of carboxylic acids is 3. The van der Waals surface area contributed by atoms with Gasteiger partial charge in [-0.1, -0.05) is 107 Å². The van der Waals surface area contributed by atoms with E-state index in [0.29, 0.717) is 31.4 Å². The Bertz CT molecular complexity index is 1620. The highest BCUT2D eigenvalue weighted by Crippen LogP contribution is 2.56. The van der Waals surface area contributed by atoms with Gasteiger partial charge in [-0.3, -0.25) is 4.79 Å². The number of esters is 1. The Kier molecular flexibility index (Phi) is 16.0. The third-order valence-corrected chi connectivity index (χ3v) is 10.6. The smallest absolute Gasteiger partial charge is 0.343 e. The molecular formula is C42H56O14. The van der Waals surface area contributed by atoms with Gasteiger partial charge in [0, 0.05) is 25.9 Å². The van der Waals surface area contributed by atoms with E-state index in [4.69, 9.17) is 23.7 Å². The molecule has 14 nitrogen and oxygen atoms in total. The van der Waals surface area contributed by atoms with Crippen LogP contribution in [-0.2, 0) is 44.5 Å². The molecule has 2 aliphatic rings. The highest BCUT2D eigenvalue weighted by molar-refractivity contribution is 5.97. The first-order chi connectivity index (χ1) is 26.7. The van der Waals surface area contributed by atoms with Crippen LogP contribution in [0.3, 0.4) is 0 Å². The van der Waals surface area contributed by atoms with Crippen LogP contribution < -0.4 is 4.74 Å². The summed E-state index contributed by atoms with van der Waals surface area (Å²) < 4.78 is 28.6. The summed E-state index contributed by atoms with van der Waals surface area (Å²) in [6.07, 6.45) is 0.321. The van der Waals surface area contributed by atoms with Crippen molar-refractivity contribution in [3.05, 3.63) is 78.4 Å². The second-order valence-electron chi connectivity index (χ2n) is 14.8. The lowest BCUT2D eigenvalue weighted by molar-refractivity contribution is -0.374. The molecule has 2 bridgehead atoms. The van der Waals surface area contributed by atoms with E-state index in [1.165, 1.54) is 6.92 Å². The minimum atomic E-state index is -3.72. The summed E-state index contributed by atoms with van der Waals surface area (Å²) >= 11 is 0. The number of fused-ring (bicyclic) bond motifs is 2. The van der Waals surface area contributed by atoms with Gasteiger partial charge in [0.05, 0.1) is 6.61 Å². The molecule has 4 unspecified atom stereocenters. The summed E-state index contributed by atoms with van der Waals surface area (Å²) in [6.45, 7) is 7.69. The molecule has 5 N–H and O–H groups in total. The zero-order valence-corrected chi connectivity index (χ0v) is 32.2. The van der Waals surface area contributed by atoms with Gasteiger partial charge in [0.15, 0.2) is 5.79 Å². The molecule has 4 rings (SSSR count). The van der Waals surface area contributed by atoms with E-state index in [1.54, 1.807) is 0 Å². The molecule has 0 radical (unpaired) electrons. The van der Waals surface area contributed by atoms with Crippen molar-refractivity contribution >= 4 is 23.9 Å². The molecule has 0 amide bonds. The Morgan fingerprint density at radius 3 is 1.91 bits per heavy atom. The largest absolute Gasteiger partial charge is 0.494 e. The SMILES string of the molecule is C=C(CCC12OC(C(=O)O)C(O)(C(=O)O)C(C(=O)O)(O1)[C@H](OCCCCCCCCCCCOc1ccccc1)[C@H]2O)[C@@H](OC(C)=O)[C@H](C)Cc1ccccc1. The van der Waals surface area contributed by atoms with Crippen LogP contribution in [0.15, 0.2) is 72.8 Å². The van der Waals surface area contributed by atoms with Gasteiger partial charge in [0.2, 0.25) is 17.3 Å². The maximum Gasteiger partial charge on any atom is 0.343 e. The first kappa shape index (κ1) is 44.4. The Morgan fingerprint density at radius 2 is 1.38 bits per heavy atom. The van der Waals surface area contributed by atoms with Gasteiger partial charge in [-0.05, 0) is 49.0 Å². The summed E-state index contributed by atoms with van der Waals surface area (Å²) in [5, 5.41) is 54.0. The Morgan fingerprint density at radius 1 is 0.821 bits per heavy atom. The van der Waals surface area contributed by atoms with Gasteiger partial charge in [0.25, 0.3) is 0 Å². The second-order valence-corrected chi connectivity index (χ2v) is 14.8. The summed E-state index contributed by atoms with van der Waals surface area (Å²) in [5.74, 6) is -8.78. The number of aliphatic hydroxyl groups is 2. The molecule has 2 fully saturated rings. The summed E-state index contributed by atoms with van der Waals surface area (Å²) in [5.41, 5.74) is -5.71. The summed E-state index contributed by atoms with van der Waals surface area (Å²) in [7, 11) is 0. The molecule has 0 saturated carbocycles. The van der Waals surface area contributed by atoms with Crippen LogP contribution >= 0.6 is 0 Å². The topological polar surface area (TPSA) is 216 Å². The lowest BCUT2D eigenvalue weighted by Crippen LogP contribution is -2.78. The number of para-hydroxylation sites is 1. The number of benzene rings is 2. The maximum absolute atomic E-state index is 13.1. The number of carbonyl (C=O) groups excluding carboxylic acids is 1. The molecule has 2 aliphatic heterocycles. The Hall–Kier alpha value is -4.34. The first-order valence-electron chi connectivity index (χ1n) is 19.4. The first-order valence-corrected chi connectivity index (χ1v) is 19.4. The third kappa shape index (κ3) is 10.1. The Balaban J connectivity index is 1.38. The molecule has 14 heteroatoms. The summed E-state index contributed by atoms with van der Waals surface area (Å²) in [4.78, 5) is 50.3. The lowest BCUT2D eigenvalue weighted by atomic mass is 9.74. The van der Waals surface area contributed by atoms with E-state index in [1.807, 2.05) is 67.6 Å². The Labute approximate surface area is 327 Å². The average Bonchev–Trinajstić information content (AvgIpc) is 3.38. The number of aliphatic carboxylic acids is 3. The van der Waals surface area contributed by atoms with Crippen molar-refractivity contribution in [3.63, 3.8) is 0 Å². The van der Waals surface area contributed by atoms with Gasteiger partial charge in [-0.25, -0.2) is 14.4 Å². The highest BCUT2D eigenvalue weighted by Gasteiger charge is 2.85. The van der Waals surface area contributed by atoms with Crippen LogP contribution in [0.5, 0.6) is 5.75 Å². The average molecular weight is 785 g/mol. The molecule has 0 aliphatic carbocycles. The van der Waals surface area contributed by atoms with Gasteiger partial charge in [0.1, 0.15) is 24.1 Å². The molecule has 8 atom stereocenters. The summed E-state index contributed by atoms with van der Waals surface area (Å²) in [6, 6.07) is 19.1. The van der Waals surface area contributed by atoms with Crippen molar-refractivity contribution in [3.8, 4) is 5.75 Å². The fourth-order valence-electron chi connectivity index (χ4n) is 7.72. The van der Waals surface area contributed by atoms with Crippen LogP contribution in [0.25, 0.3) is 0 Å². The number of unbranched alkanes of at least 4 members (excludes halogenated alkanes) is 8. The van der Waals surface area contributed by atoms with Gasteiger partial charge >= 0.3 is 23.9 Å². The van der Waals surface area contributed by atoms with Crippen molar-refractivity contribution in [1.29, 1.82) is 0 Å². The fourth-order valence-corrected chi connectivity index (χ4v) is 7.72. The van der Waals surface area contributed by atoms with Crippen LogP contribution in [0.4, 0.5) is 0 Å². The zero-order chi connectivity index (χ0) is 40.9. The molecule has 308 valence electrons. The monoisotopic (exact) mass is 784 g/mol. The van der Waals surface area contributed by atoms with Crippen LogP contribution in [0, 0.1) is 5.92 Å². The minimum Gasteiger partial charge on any atom is -0.494 e. The molecule has 56 heavy (non-hydrogen) atoms.